The molecule has 1 unspecified atom stereocenters. The Morgan fingerprint density at radius 2 is 1.69 bits per heavy atom. The van der Waals surface area contributed by atoms with Crippen LogP contribution in [-0.2, 0) is 20.0 Å². The van der Waals surface area contributed by atoms with Crippen molar-refractivity contribution in [3.63, 3.8) is 0 Å². The number of hydrogen-bond acceptors (Lipinski definition) is 3. The van der Waals surface area contributed by atoms with Crippen molar-refractivity contribution in [1.82, 2.24) is 4.90 Å². The Kier molecular flexibility index (Phi) is 8.35. The van der Waals surface area contributed by atoms with E-state index in [1.54, 1.807) is 13.8 Å². The van der Waals surface area contributed by atoms with Crippen molar-refractivity contribution < 1.29 is 13.2 Å². The van der Waals surface area contributed by atoms with Gasteiger partial charge >= 0.3 is 0 Å². The van der Waals surface area contributed by atoms with Gasteiger partial charge in [-0.05, 0) is 86.8 Å². The standard InChI is InChI=1S/C26H40ClNO3S/c1-19(2)16-23(26(12-5-13-26)22-6-8-24(27)9-7-22)17-25(29)28-14-10-21(11-15-28)18-32(30,31)20(3)4/h6-9,19-21,23H,5,10-18H2,1-4H3. The van der Waals surface area contributed by atoms with Gasteiger partial charge in [0.25, 0.3) is 0 Å². The first-order chi connectivity index (χ1) is 15.0. The molecule has 2 aliphatic rings. The molecule has 2 fully saturated rings. The predicted octanol–water partition coefficient (Wildman–Crippen LogP) is 5.88. The molecular weight excluding hydrogens is 442 g/mol. The number of benzene rings is 1. The molecule has 1 saturated heterocycles. The zero-order valence-electron chi connectivity index (χ0n) is 20.1. The molecule has 4 nitrogen and oxygen atoms in total. The van der Waals surface area contributed by atoms with Gasteiger partial charge in [-0.15, -0.1) is 0 Å². The van der Waals surface area contributed by atoms with Crippen LogP contribution in [0.4, 0.5) is 0 Å². The number of carbonyl (C=O) groups excluding carboxylic acids is 1. The highest BCUT2D eigenvalue weighted by molar-refractivity contribution is 7.91. The van der Waals surface area contributed by atoms with Gasteiger partial charge in [0.1, 0.15) is 0 Å². The Morgan fingerprint density at radius 1 is 1.09 bits per heavy atom. The molecule has 1 aromatic carbocycles. The molecule has 1 amide bonds. The summed E-state index contributed by atoms with van der Waals surface area (Å²) in [5.74, 6) is 1.52. The first-order valence-electron chi connectivity index (χ1n) is 12.3. The Morgan fingerprint density at radius 3 is 2.16 bits per heavy atom. The Labute approximate surface area is 200 Å². The Hall–Kier alpha value is -1.07. The highest BCUT2D eigenvalue weighted by atomic mass is 35.5. The SMILES string of the molecule is CC(C)CC(CC(=O)N1CCC(CS(=O)(=O)C(C)C)CC1)C1(c2ccc(Cl)cc2)CCC1. The van der Waals surface area contributed by atoms with Crippen LogP contribution in [-0.4, -0.2) is 43.3 Å². The van der Waals surface area contributed by atoms with Crippen LogP contribution in [0.2, 0.25) is 5.02 Å². The summed E-state index contributed by atoms with van der Waals surface area (Å²) in [6.07, 6.45) is 6.67. The number of amides is 1. The minimum Gasteiger partial charge on any atom is -0.343 e. The van der Waals surface area contributed by atoms with E-state index in [9.17, 15) is 13.2 Å². The largest absolute Gasteiger partial charge is 0.343 e. The average Bonchev–Trinajstić information content (AvgIpc) is 2.68. The second-order valence-electron chi connectivity index (χ2n) is 10.7. The smallest absolute Gasteiger partial charge is 0.222 e. The highest BCUT2D eigenvalue weighted by Gasteiger charge is 2.46. The van der Waals surface area contributed by atoms with Gasteiger partial charge in [-0.2, -0.15) is 0 Å². The number of nitrogens with zero attached hydrogens (tertiary/aromatic N) is 1. The second kappa shape index (κ2) is 10.5. The van der Waals surface area contributed by atoms with Crippen molar-refractivity contribution in [2.75, 3.05) is 18.8 Å². The van der Waals surface area contributed by atoms with Crippen LogP contribution >= 0.6 is 11.6 Å². The van der Waals surface area contributed by atoms with Gasteiger partial charge in [0.05, 0.1) is 11.0 Å². The van der Waals surface area contributed by atoms with Crippen molar-refractivity contribution in [3.8, 4) is 0 Å². The molecule has 1 aliphatic carbocycles. The highest BCUT2D eigenvalue weighted by Crippen LogP contribution is 2.52. The Bertz CT molecular complexity index is 867. The molecule has 0 bridgehead atoms. The summed E-state index contributed by atoms with van der Waals surface area (Å²) in [5.41, 5.74) is 1.40. The predicted molar refractivity (Wildman–Crippen MR) is 133 cm³/mol. The van der Waals surface area contributed by atoms with E-state index in [-0.39, 0.29) is 28.2 Å². The topological polar surface area (TPSA) is 54.5 Å². The monoisotopic (exact) mass is 481 g/mol. The summed E-state index contributed by atoms with van der Waals surface area (Å²) in [7, 11) is -3.03. The van der Waals surface area contributed by atoms with Gasteiger partial charge in [-0.25, -0.2) is 8.42 Å². The average molecular weight is 482 g/mol. The number of likely N-dealkylation sites (tertiary alicyclic amines) is 1. The Balaban J connectivity index is 1.66. The van der Waals surface area contributed by atoms with Gasteiger partial charge in [0, 0.05) is 24.5 Å². The summed E-state index contributed by atoms with van der Waals surface area (Å²) in [6.45, 7) is 9.34. The molecule has 1 aliphatic heterocycles. The first kappa shape index (κ1) is 25.6. The van der Waals surface area contributed by atoms with Crippen LogP contribution in [0, 0.1) is 17.8 Å². The van der Waals surface area contributed by atoms with Crippen LogP contribution in [0.5, 0.6) is 0 Å². The summed E-state index contributed by atoms with van der Waals surface area (Å²) in [5, 5.41) is 0.424. The van der Waals surface area contributed by atoms with E-state index < -0.39 is 9.84 Å². The van der Waals surface area contributed by atoms with Crippen molar-refractivity contribution >= 4 is 27.3 Å². The number of sulfone groups is 1. The third kappa shape index (κ3) is 5.88. The van der Waals surface area contributed by atoms with Crippen LogP contribution in [0.1, 0.15) is 78.2 Å². The molecule has 0 N–H and O–H groups in total. The van der Waals surface area contributed by atoms with E-state index in [0.29, 0.717) is 31.3 Å². The van der Waals surface area contributed by atoms with Crippen LogP contribution in [0.15, 0.2) is 24.3 Å². The van der Waals surface area contributed by atoms with Gasteiger partial charge in [-0.3, -0.25) is 4.79 Å². The quantitative estimate of drug-likeness (QED) is 0.442. The van der Waals surface area contributed by atoms with E-state index in [0.717, 1.165) is 37.1 Å². The molecule has 1 atom stereocenters. The molecule has 180 valence electrons. The number of carbonyl (C=O) groups is 1. The lowest BCUT2D eigenvalue weighted by Gasteiger charge is -2.49. The van der Waals surface area contributed by atoms with Crippen LogP contribution in [0.3, 0.4) is 0 Å². The summed E-state index contributed by atoms with van der Waals surface area (Å²) < 4.78 is 24.6. The van der Waals surface area contributed by atoms with Gasteiger partial charge < -0.3 is 4.90 Å². The van der Waals surface area contributed by atoms with E-state index in [1.807, 2.05) is 17.0 Å². The molecule has 0 spiro atoms. The molecule has 0 aromatic heterocycles. The number of hydrogen-bond donors (Lipinski definition) is 0. The van der Waals surface area contributed by atoms with E-state index in [1.165, 1.54) is 12.0 Å². The molecule has 32 heavy (non-hydrogen) atoms. The number of rotatable bonds is 9. The second-order valence-corrected chi connectivity index (χ2v) is 13.8. The van der Waals surface area contributed by atoms with Gasteiger partial charge in [0.2, 0.25) is 5.91 Å². The zero-order valence-corrected chi connectivity index (χ0v) is 21.7. The zero-order chi connectivity index (χ0) is 23.5. The summed E-state index contributed by atoms with van der Waals surface area (Å²) in [4.78, 5) is 15.3. The maximum absolute atomic E-state index is 13.3. The molecule has 1 aromatic rings. The number of piperidine rings is 1. The summed E-state index contributed by atoms with van der Waals surface area (Å²) in [6, 6.07) is 8.25. The van der Waals surface area contributed by atoms with E-state index in [4.69, 9.17) is 11.6 Å². The minimum absolute atomic E-state index is 0.0776. The lowest BCUT2D eigenvalue weighted by atomic mass is 9.55. The molecule has 3 rings (SSSR count). The fraction of sp³-hybridized carbons (Fsp3) is 0.731. The molecule has 0 radical (unpaired) electrons. The van der Waals surface area contributed by atoms with Crippen LogP contribution in [0.25, 0.3) is 0 Å². The maximum atomic E-state index is 13.3. The maximum Gasteiger partial charge on any atom is 0.222 e. The molecule has 6 heteroatoms. The fourth-order valence-electron chi connectivity index (χ4n) is 5.56. The van der Waals surface area contributed by atoms with Crippen molar-refractivity contribution in [1.29, 1.82) is 0 Å². The first-order valence-corrected chi connectivity index (χ1v) is 14.4. The lowest BCUT2D eigenvalue weighted by molar-refractivity contribution is -0.134. The van der Waals surface area contributed by atoms with Gasteiger partial charge in [-0.1, -0.05) is 44.0 Å². The normalized spacial score (nSPS) is 20.4. The van der Waals surface area contributed by atoms with Gasteiger partial charge in [0.15, 0.2) is 9.84 Å². The minimum atomic E-state index is -3.03. The van der Waals surface area contributed by atoms with Crippen LogP contribution < -0.4 is 0 Å². The molecular formula is C26H40ClNO3S. The molecule has 1 heterocycles. The molecule has 1 saturated carbocycles. The lowest BCUT2D eigenvalue weighted by Crippen LogP contribution is -2.46. The van der Waals surface area contributed by atoms with E-state index >= 15 is 0 Å². The number of halogens is 1. The van der Waals surface area contributed by atoms with E-state index in [2.05, 4.69) is 26.0 Å². The third-order valence-corrected chi connectivity index (χ3v) is 10.4. The summed E-state index contributed by atoms with van der Waals surface area (Å²) >= 11 is 6.14. The third-order valence-electron chi connectivity index (χ3n) is 7.78. The van der Waals surface area contributed by atoms with Crippen molar-refractivity contribution in [2.45, 2.75) is 83.3 Å². The van der Waals surface area contributed by atoms with Crippen molar-refractivity contribution in [3.05, 3.63) is 34.9 Å². The fourth-order valence-corrected chi connectivity index (χ4v) is 7.06. The van der Waals surface area contributed by atoms with Crippen molar-refractivity contribution in [2.24, 2.45) is 17.8 Å².